The molecule has 1 fully saturated rings. The topological polar surface area (TPSA) is 70.5 Å². The van der Waals surface area contributed by atoms with Crippen LogP contribution in [0.25, 0.3) is 0 Å². The molecule has 1 aliphatic rings. The van der Waals surface area contributed by atoms with Crippen molar-refractivity contribution < 1.29 is 9.84 Å². The predicted octanol–water partition coefficient (Wildman–Crippen LogP) is 1.20. The first kappa shape index (κ1) is 17.1. The van der Waals surface area contributed by atoms with Crippen LogP contribution in [0.3, 0.4) is 0 Å². The molecule has 2 rings (SSSR count). The van der Waals surface area contributed by atoms with E-state index in [1.165, 1.54) is 0 Å². The molecule has 1 aromatic heterocycles. The molecular weight excluding hydrogens is 280 g/mol. The van der Waals surface area contributed by atoms with Crippen LogP contribution in [0.2, 0.25) is 0 Å². The Hall–Kier alpha value is -1.24. The van der Waals surface area contributed by atoms with Crippen molar-refractivity contribution in [2.24, 2.45) is 5.41 Å². The largest absolute Gasteiger partial charge is 0.395 e. The average molecular weight is 308 g/mol. The number of ether oxygens (including phenoxy) is 1. The van der Waals surface area contributed by atoms with Gasteiger partial charge in [0, 0.05) is 43.6 Å². The maximum Gasteiger partial charge on any atom is 0.225 e. The number of aliphatic hydroxyl groups excluding tert-OH is 1. The fourth-order valence-electron chi connectivity index (χ4n) is 2.57. The Morgan fingerprint density at radius 1 is 1.27 bits per heavy atom. The maximum absolute atomic E-state index is 9.47. The van der Waals surface area contributed by atoms with Crippen molar-refractivity contribution in [1.82, 2.24) is 15.3 Å². The Morgan fingerprint density at radius 2 is 1.91 bits per heavy atom. The van der Waals surface area contributed by atoms with Gasteiger partial charge in [-0.1, -0.05) is 20.8 Å². The van der Waals surface area contributed by atoms with E-state index in [0.29, 0.717) is 6.54 Å². The van der Waals surface area contributed by atoms with E-state index in [2.05, 4.69) is 41.0 Å². The third-order valence-electron chi connectivity index (χ3n) is 3.66. The maximum atomic E-state index is 9.47. The number of hydrogen-bond acceptors (Lipinski definition) is 6. The van der Waals surface area contributed by atoms with Gasteiger partial charge in [-0.05, 0) is 11.8 Å². The lowest BCUT2D eigenvalue weighted by atomic mass is 9.88. The monoisotopic (exact) mass is 308 g/mol. The first-order valence-corrected chi connectivity index (χ1v) is 7.96. The SMILES string of the molecule is CC(C)(C)CC(CO)NCc1cnc(N2CCOCC2)nc1. The summed E-state index contributed by atoms with van der Waals surface area (Å²) < 4.78 is 5.33. The lowest BCUT2D eigenvalue weighted by molar-refractivity contribution is 0.122. The van der Waals surface area contributed by atoms with Gasteiger partial charge < -0.3 is 20.1 Å². The van der Waals surface area contributed by atoms with Gasteiger partial charge >= 0.3 is 0 Å². The number of aliphatic hydroxyl groups is 1. The summed E-state index contributed by atoms with van der Waals surface area (Å²) >= 11 is 0. The summed E-state index contributed by atoms with van der Waals surface area (Å²) in [7, 11) is 0. The van der Waals surface area contributed by atoms with Gasteiger partial charge in [0.25, 0.3) is 0 Å². The van der Waals surface area contributed by atoms with Crippen LogP contribution >= 0.6 is 0 Å². The van der Waals surface area contributed by atoms with Crippen molar-refractivity contribution >= 4 is 5.95 Å². The standard InChI is InChI=1S/C16H28N4O2/c1-16(2,3)8-14(12-21)17-9-13-10-18-15(19-11-13)20-4-6-22-7-5-20/h10-11,14,17,21H,4-9,12H2,1-3H3. The molecule has 0 amide bonds. The van der Waals surface area contributed by atoms with E-state index < -0.39 is 0 Å². The van der Waals surface area contributed by atoms with Crippen LogP contribution in [0.4, 0.5) is 5.95 Å². The summed E-state index contributed by atoms with van der Waals surface area (Å²) in [5, 5.41) is 12.8. The van der Waals surface area contributed by atoms with Gasteiger partial charge in [0.05, 0.1) is 19.8 Å². The second kappa shape index (κ2) is 7.85. The Bertz CT molecular complexity index is 438. The zero-order chi connectivity index (χ0) is 16.0. The van der Waals surface area contributed by atoms with E-state index in [1.54, 1.807) is 0 Å². The summed E-state index contributed by atoms with van der Waals surface area (Å²) in [6.45, 7) is 10.5. The van der Waals surface area contributed by atoms with E-state index in [9.17, 15) is 5.11 Å². The number of morpholine rings is 1. The molecule has 124 valence electrons. The van der Waals surface area contributed by atoms with Crippen molar-refractivity contribution in [3.63, 3.8) is 0 Å². The molecule has 0 aliphatic carbocycles. The molecule has 1 aliphatic heterocycles. The van der Waals surface area contributed by atoms with Gasteiger partial charge in [0.2, 0.25) is 5.95 Å². The van der Waals surface area contributed by atoms with Gasteiger partial charge in [-0.2, -0.15) is 0 Å². The van der Waals surface area contributed by atoms with Crippen LogP contribution < -0.4 is 10.2 Å². The molecule has 0 bridgehead atoms. The number of nitrogens with zero attached hydrogens (tertiary/aromatic N) is 3. The highest BCUT2D eigenvalue weighted by Gasteiger charge is 2.18. The molecule has 22 heavy (non-hydrogen) atoms. The highest BCUT2D eigenvalue weighted by Crippen LogP contribution is 2.20. The van der Waals surface area contributed by atoms with Gasteiger partial charge in [-0.25, -0.2) is 9.97 Å². The molecule has 0 aromatic carbocycles. The summed E-state index contributed by atoms with van der Waals surface area (Å²) in [4.78, 5) is 11.0. The van der Waals surface area contributed by atoms with Gasteiger partial charge in [-0.15, -0.1) is 0 Å². The summed E-state index contributed by atoms with van der Waals surface area (Å²) in [5.41, 5.74) is 1.22. The minimum atomic E-state index is 0.0962. The van der Waals surface area contributed by atoms with E-state index in [-0.39, 0.29) is 18.1 Å². The minimum Gasteiger partial charge on any atom is -0.395 e. The fraction of sp³-hybridized carbons (Fsp3) is 0.750. The van der Waals surface area contributed by atoms with Crippen LogP contribution in [-0.2, 0) is 11.3 Å². The number of rotatable bonds is 6. The molecule has 1 unspecified atom stereocenters. The summed E-state index contributed by atoms with van der Waals surface area (Å²) in [6, 6.07) is 0.0962. The van der Waals surface area contributed by atoms with Crippen LogP contribution in [-0.4, -0.2) is 54.0 Å². The Labute approximate surface area is 132 Å². The molecule has 0 saturated carbocycles. The smallest absolute Gasteiger partial charge is 0.225 e. The lowest BCUT2D eigenvalue weighted by Crippen LogP contribution is -2.37. The molecule has 6 heteroatoms. The first-order chi connectivity index (χ1) is 10.5. The highest BCUT2D eigenvalue weighted by atomic mass is 16.5. The average Bonchev–Trinajstić information content (AvgIpc) is 2.52. The van der Waals surface area contributed by atoms with Crippen molar-refractivity contribution in [2.45, 2.75) is 39.8 Å². The highest BCUT2D eigenvalue weighted by molar-refractivity contribution is 5.30. The van der Waals surface area contributed by atoms with E-state index in [4.69, 9.17) is 4.74 Å². The first-order valence-electron chi connectivity index (χ1n) is 7.96. The van der Waals surface area contributed by atoms with Crippen molar-refractivity contribution in [1.29, 1.82) is 0 Å². The second-order valence-corrected chi connectivity index (χ2v) is 7.02. The number of anilines is 1. The van der Waals surface area contributed by atoms with Gasteiger partial charge in [0.1, 0.15) is 0 Å². The molecule has 1 saturated heterocycles. The van der Waals surface area contributed by atoms with Gasteiger partial charge in [0.15, 0.2) is 0 Å². The van der Waals surface area contributed by atoms with E-state index in [1.807, 2.05) is 12.4 Å². The zero-order valence-corrected chi connectivity index (χ0v) is 13.9. The van der Waals surface area contributed by atoms with Crippen LogP contribution in [0.5, 0.6) is 0 Å². The Kier molecular flexibility index (Phi) is 6.11. The lowest BCUT2D eigenvalue weighted by Gasteiger charge is -2.27. The summed E-state index contributed by atoms with van der Waals surface area (Å²) in [6.07, 6.45) is 4.64. The number of hydrogen-bond donors (Lipinski definition) is 2. The second-order valence-electron chi connectivity index (χ2n) is 7.02. The molecule has 0 radical (unpaired) electrons. The molecule has 2 heterocycles. The minimum absolute atomic E-state index is 0.0962. The molecule has 1 aromatic rings. The number of aromatic nitrogens is 2. The van der Waals surface area contributed by atoms with E-state index >= 15 is 0 Å². The molecule has 1 atom stereocenters. The molecule has 2 N–H and O–H groups in total. The molecule has 0 spiro atoms. The summed E-state index contributed by atoms with van der Waals surface area (Å²) in [5.74, 6) is 0.764. The number of nitrogens with one attached hydrogen (secondary N) is 1. The van der Waals surface area contributed by atoms with Gasteiger partial charge in [-0.3, -0.25) is 0 Å². The van der Waals surface area contributed by atoms with E-state index in [0.717, 1.165) is 44.2 Å². The van der Waals surface area contributed by atoms with Crippen LogP contribution in [0.15, 0.2) is 12.4 Å². The quantitative estimate of drug-likeness (QED) is 0.823. The van der Waals surface area contributed by atoms with Crippen molar-refractivity contribution in [3.05, 3.63) is 18.0 Å². The Balaban J connectivity index is 1.85. The van der Waals surface area contributed by atoms with Crippen LogP contribution in [0.1, 0.15) is 32.8 Å². The Morgan fingerprint density at radius 3 is 2.45 bits per heavy atom. The third-order valence-corrected chi connectivity index (χ3v) is 3.66. The fourth-order valence-corrected chi connectivity index (χ4v) is 2.57. The van der Waals surface area contributed by atoms with Crippen molar-refractivity contribution in [3.8, 4) is 0 Å². The third kappa shape index (κ3) is 5.51. The zero-order valence-electron chi connectivity index (χ0n) is 13.9. The normalized spacial score (nSPS) is 17.5. The molecule has 6 nitrogen and oxygen atoms in total. The van der Waals surface area contributed by atoms with Crippen LogP contribution in [0, 0.1) is 5.41 Å². The predicted molar refractivity (Wildman–Crippen MR) is 86.8 cm³/mol. The molecular formula is C16H28N4O2. The van der Waals surface area contributed by atoms with Crippen molar-refractivity contribution in [2.75, 3.05) is 37.8 Å².